The molecule has 1 heterocycles. The number of aromatic carboxylic acids is 1. The molecule has 19 heavy (non-hydrogen) atoms. The average molecular weight is 343 g/mol. The second-order valence-electron chi connectivity index (χ2n) is 3.74. The molecule has 98 valence electrons. The monoisotopic (exact) mass is 341 g/mol. The summed E-state index contributed by atoms with van der Waals surface area (Å²) in [5.74, 6) is -0.404. The van der Waals surface area contributed by atoms with Gasteiger partial charge >= 0.3 is 5.97 Å². The van der Waals surface area contributed by atoms with E-state index in [0.717, 1.165) is 4.47 Å². The Morgan fingerprint density at radius 2 is 2.16 bits per heavy atom. The molecule has 0 unspecified atom stereocenters. The molecule has 2 aromatic rings. The van der Waals surface area contributed by atoms with E-state index in [0.29, 0.717) is 16.3 Å². The highest BCUT2D eigenvalue weighted by Gasteiger charge is 2.07. The summed E-state index contributed by atoms with van der Waals surface area (Å²) in [5, 5.41) is 9.20. The van der Waals surface area contributed by atoms with E-state index in [-0.39, 0.29) is 12.2 Å². The maximum atomic E-state index is 10.8. The quantitative estimate of drug-likeness (QED) is 0.918. The van der Waals surface area contributed by atoms with Crippen molar-refractivity contribution in [3.05, 3.63) is 57.3 Å². The number of carbonyl (C=O) groups is 1. The number of hydrogen-bond acceptors (Lipinski definition) is 3. The Kier molecular flexibility index (Phi) is 4.39. The molecular weight excluding hydrogens is 334 g/mol. The number of carboxylic acid groups (broad SMARTS) is 1. The fourth-order valence-electron chi connectivity index (χ4n) is 1.43. The number of aromatic nitrogens is 1. The number of rotatable bonds is 4. The number of nitrogens with zero attached hydrogens (tertiary/aromatic N) is 1. The van der Waals surface area contributed by atoms with Gasteiger partial charge in [0.15, 0.2) is 0 Å². The van der Waals surface area contributed by atoms with Crippen LogP contribution in [0.4, 0.5) is 0 Å². The van der Waals surface area contributed by atoms with Crippen molar-refractivity contribution in [2.45, 2.75) is 6.61 Å². The Balaban J connectivity index is 2.10. The minimum Gasteiger partial charge on any atom is -0.487 e. The van der Waals surface area contributed by atoms with Gasteiger partial charge in [-0.2, -0.15) is 0 Å². The molecule has 0 amide bonds. The molecule has 1 aromatic heterocycles. The summed E-state index contributed by atoms with van der Waals surface area (Å²) in [6, 6.07) is 6.32. The van der Waals surface area contributed by atoms with E-state index in [1.165, 1.54) is 12.1 Å². The summed E-state index contributed by atoms with van der Waals surface area (Å²) in [6.07, 6.45) is 3.24. The summed E-state index contributed by atoms with van der Waals surface area (Å²) in [4.78, 5) is 14.8. The van der Waals surface area contributed by atoms with Gasteiger partial charge in [-0.3, -0.25) is 4.98 Å². The summed E-state index contributed by atoms with van der Waals surface area (Å²) in [6.45, 7) is 0.247. The van der Waals surface area contributed by atoms with Crippen LogP contribution >= 0.6 is 27.5 Å². The van der Waals surface area contributed by atoms with Crippen LogP contribution < -0.4 is 4.74 Å². The van der Waals surface area contributed by atoms with Gasteiger partial charge in [0.05, 0.1) is 11.8 Å². The minimum atomic E-state index is -1.01. The second-order valence-corrected chi connectivity index (χ2v) is 5.06. The Labute approximate surface area is 123 Å². The van der Waals surface area contributed by atoms with Gasteiger partial charge in [-0.1, -0.05) is 17.7 Å². The molecule has 0 aliphatic carbocycles. The fraction of sp³-hybridized carbons (Fsp3) is 0.0769. The lowest BCUT2D eigenvalue weighted by molar-refractivity contribution is 0.0697. The van der Waals surface area contributed by atoms with Gasteiger partial charge in [0, 0.05) is 21.3 Å². The van der Waals surface area contributed by atoms with Crippen LogP contribution in [0.15, 0.2) is 41.1 Å². The highest BCUT2D eigenvalue weighted by Crippen LogP contribution is 2.21. The highest BCUT2D eigenvalue weighted by molar-refractivity contribution is 9.10. The molecule has 0 bridgehead atoms. The maximum Gasteiger partial charge on any atom is 0.335 e. The SMILES string of the molecule is O=C(O)c1ccc(COc2cncc(Br)c2)c(Cl)c1. The first-order valence-corrected chi connectivity index (χ1v) is 6.48. The first-order chi connectivity index (χ1) is 9.06. The van der Waals surface area contributed by atoms with Gasteiger partial charge in [-0.15, -0.1) is 0 Å². The predicted molar refractivity (Wildman–Crippen MR) is 74.7 cm³/mol. The Morgan fingerprint density at radius 1 is 1.37 bits per heavy atom. The van der Waals surface area contributed by atoms with Gasteiger partial charge in [-0.25, -0.2) is 4.79 Å². The van der Waals surface area contributed by atoms with Gasteiger partial charge < -0.3 is 9.84 Å². The number of ether oxygens (including phenoxy) is 1. The van der Waals surface area contributed by atoms with Crippen molar-refractivity contribution in [2.24, 2.45) is 0 Å². The number of pyridine rings is 1. The predicted octanol–water partition coefficient (Wildman–Crippen LogP) is 3.77. The topological polar surface area (TPSA) is 59.4 Å². The standard InChI is InChI=1S/C13H9BrClNO3/c14-10-4-11(6-16-5-10)19-7-9-2-1-8(13(17)18)3-12(9)15/h1-6H,7H2,(H,17,18). The van der Waals surface area contributed by atoms with Crippen LogP contribution in [-0.4, -0.2) is 16.1 Å². The third kappa shape index (κ3) is 3.68. The lowest BCUT2D eigenvalue weighted by Crippen LogP contribution is -2.00. The van der Waals surface area contributed by atoms with Crippen molar-refractivity contribution >= 4 is 33.5 Å². The van der Waals surface area contributed by atoms with Crippen LogP contribution in [0.3, 0.4) is 0 Å². The summed E-state index contributed by atoms with van der Waals surface area (Å²) >= 11 is 9.30. The van der Waals surface area contributed by atoms with E-state index in [1.54, 1.807) is 24.5 Å². The Morgan fingerprint density at radius 3 is 2.79 bits per heavy atom. The first-order valence-electron chi connectivity index (χ1n) is 5.31. The van der Waals surface area contributed by atoms with Crippen LogP contribution in [-0.2, 0) is 6.61 Å². The van der Waals surface area contributed by atoms with Crippen LogP contribution in [0.25, 0.3) is 0 Å². The molecular formula is C13H9BrClNO3. The number of carboxylic acids is 1. The molecule has 0 spiro atoms. The molecule has 0 saturated heterocycles. The first kappa shape index (κ1) is 13.8. The van der Waals surface area contributed by atoms with Crippen molar-refractivity contribution in [3.8, 4) is 5.75 Å². The zero-order valence-electron chi connectivity index (χ0n) is 9.64. The van der Waals surface area contributed by atoms with Crippen molar-refractivity contribution in [1.82, 2.24) is 4.98 Å². The van der Waals surface area contributed by atoms with Crippen LogP contribution in [0.2, 0.25) is 5.02 Å². The molecule has 0 aliphatic rings. The average Bonchev–Trinajstić information content (AvgIpc) is 2.37. The van der Waals surface area contributed by atoms with E-state index < -0.39 is 5.97 Å². The number of hydrogen-bond donors (Lipinski definition) is 1. The molecule has 0 radical (unpaired) electrons. The van der Waals surface area contributed by atoms with Crippen LogP contribution in [0.1, 0.15) is 15.9 Å². The smallest absolute Gasteiger partial charge is 0.335 e. The van der Waals surface area contributed by atoms with Crippen molar-refractivity contribution in [1.29, 1.82) is 0 Å². The molecule has 0 atom stereocenters. The number of benzene rings is 1. The van der Waals surface area contributed by atoms with Gasteiger partial charge in [-0.05, 0) is 34.1 Å². The van der Waals surface area contributed by atoms with E-state index in [4.69, 9.17) is 21.4 Å². The largest absolute Gasteiger partial charge is 0.487 e. The molecule has 2 rings (SSSR count). The fourth-order valence-corrected chi connectivity index (χ4v) is 2.01. The molecule has 0 saturated carbocycles. The van der Waals surface area contributed by atoms with E-state index in [2.05, 4.69) is 20.9 Å². The van der Waals surface area contributed by atoms with Gasteiger partial charge in [0.2, 0.25) is 0 Å². The lowest BCUT2D eigenvalue weighted by Gasteiger charge is -2.08. The van der Waals surface area contributed by atoms with E-state index in [9.17, 15) is 4.79 Å². The molecule has 1 N–H and O–H groups in total. The maximum absolute atomic E-state index is 10.8. The number of halogens is 2. The Bertz CT molecular complexity index is 619. The Hall–Kier alpha value is -1.59. The third-order valence-corrected chi connectivity index (χ3v) is 3.16. The lowest BCUT2D eigenvalue weighted by atomic mass is 10.1. The highest BCUT2D eigenvalue weighted by atomic mass is 79.9. The van der Waals surface area contributed by atoms with Crippen molar-refractivity contribution < 1.29 is 14.6 Å². The summed E-state index contributed by atoms with van der Waals surface area (Å²) in [5.41, 5.74) is 0.865. The van der Waals surface area contributed by atoms with Crippen molar-refractivity contribution in [3.63, 3.8) is 0 Å². The molecule has 6 heteroatoms. The molecule has 0 fully saturated rings. The normalized spacial score (nSPS) is 10.2. The van der Waals surface area contributed by atoms with E-state index in [1.807, 2.05) is 0 Å². The third-order valence-electron chi connectivity index (χ3n) is 2.37. The zero-order valence-corrected chi connectivity index (χ0v) is 12.0. The second kappa shape index (κ2) is 6.04. The van der Waals surface area contributed by atoms with Crippen molar-refractivity contribution in [2.75, 3.05) is 0 Å². The van der Waals surface area contributed by atoms with Gasteiger partial charge in [0.1, 0.15) is 12.4 Å². The minimum absolute atomic E-state index is 0.151. The van der Waals surface area contributed by atoms with E-state index >= 15 is 0 Å². The summed E-state index contributed by atoms with van der Waals surface area (Å²) in [7, 11) is 0. The van der Waals surface area contributed by atoms with Crippen LogP contribution in [0.5, 0.6) is 5.75 Å². The zero-order chi connectivity index (χ0) is 13.8. The molecule has 0 aliphatic heterocycles. The van der Waals surface area contributed by atoms with Crippen LogP contribution in [0, 0.1) is 0 Å². The van der Waals surface area contributed by atoms with Gasteiger partial charge in [0.25, 0.3) is 0 Å². The molecule has 4 nitrogen and oxygen atoms in total. The molecule has 1 aromatic carbocycles. The summed E-state index contributed by atoms with van der Waals surface area (Å²) < 4.78 is 6.35.